The van der Waals surface area contributed by atoms with Crippen molar-refractivity contribution < 1.29 is 9.90 Å². The van der Waals surface area contributed by atoms with Crippen LogP contribution in [0.4, 0.5) is 0 Å². The summed E-state index contributed by atoms with van der Waals surface area (Å²) < 4.78 is 3.50. The molecule has 1 N–H and O–H groups in total. The van der Waals surface area contributed by atoms with Gasteiger partial charge < -0.3 is 5.11 Å². The van der Waals surface area contributed by atoms with E-state index in [2.05, 4.69) is 11.8 Å². The number of aromatic carboxylic acids is 1. The van der Waals surface area contributed by atoms with Crippen LogP contribution in [0, 0.1) is 11.8 Å². The summed E-state index contributed by atoms with van der Waals surface area (Å²) in [7, 11) is 0. The molecule has 0 aliphatic rings. The van der Waals surface area contributed by atoms with Crippen LogP contribution in [0.3, 0.4) is 0 Å². The van der Waals surface area contributed by atoms with E-state index in [1.165, 1.54) is 0 Å². The Morgan fingerprint density at radius 3 is 2.48 bits per heavy atom. The van der Waals surface area contributed by atoms with Gasteiger partial charge in [0.25, 0.3) is 0 Å². The second-order valence-corrected chi connectivity index (χ2v) is 6.83. The van der Waals surface area contributed by atoms with Crippen molar-refractivity contribution in [1.29, 1.82) is 0 Å². The fourth-order valence-electron chi connectivity index (χ4n) is 3.37. The Labute approximate surface area is 170 Å². The summed E-state index contributed by atoms with van der Waals surface area (Å²) in [6.45, 7) is 4.97. The molecule has 29 heavy (non-hydrogen) atoms. The van der Waals surface area contributed by atoms with Crippen molar-refractivity contribution in [2.75, 3.05) is 0 Å². The molecule has 5 nitrogen and oxygen atoms in total. The van der Waals surface area contributed by atoms with Gasteiger partial charge in [0.2, 0.25) is 0 Å². The minimum atomic E-state index is -0.949. The van der Waals surface area contributed by atoms with Crippen LogP contribution >= 0.6 is 0 Å². The van der Waals surface area contributed by atoms with Crippen molar-refractivity contribution in [3.8, 4) is 23.0 Å². The van der Waals surface area contributed by atoms with Gasteiger partial charge in [0.15, 0.2) is 0 Å². The summed E-state index contributed by atoms with van der Waals surface area (Å²) in [6.07, 6.45) is 3.32. The normalized spacial score (nSPS) is 10.4. The van der Waals surface area contributed by atoms with E-state index in [1.807, 2.05) is 43.5 Å². The molecule has 2 aromatic carbocycles. The average molecular weight is 388 g/mol. The molecule has 5 heteroatoms. The van der Waals surface area contributed by atoms with Crippen LogP contribution in [0.15, 0.2) is 59.5 Å². The van der Waals surface area contributed by atoms with E-state index < -0.39 is 5.97 Å². The van der Waals surface area contributed by atoms with Gasteiger partial charge in [-0.1, -0.05) is 55.3 Å². The Bertz CT molecular complexity index is 1130. The number of hydrogen-bond donors (Lipinski definition) is 1. The quantitative estimate of drug-likeness (QED) is 0.621. The SMILES string of the molecule is CC#CCc1cn(CCC)c(=O)n1Cc1ccc(-c2ccccc2C(=O)O)cc1. The number of imidazole rings is 1. The highest BCUT2D eigenvalue weighted by atomic mass is 16.4. The molecule has 3 rings (SSSR count). The number of benzene rings is 2. The highest BCUT2D eigenvalue weighted by molar-refractivity contribution is 5.95. The molecule has 0 aliphatic carbocycles. The Hall–Kier alpha value is -3.52. The summed E-state index contributed by atoms with van der Waals surface area (Å²) in [5.41, 5.74) is 3.63. The highest BCUT2D eigenvalue weighted by Crippen LogP contribution is 2.24. The van der Waals surface area contributed by atoms with Crippen molar-refractivity contribution >= 4 is 5.97 Å². The number of carbonyl (C=O) groups is 1. The molecular formula is C24H24N2O3. The zero-order valence-corrected chi connectivity index (χ0v) is 16.7. The van der Waals surface area contributed by atoms with Gasteiger partial charge in [-0.2, -0.15) is 0 Å². The van der Waals surface area contributed by atoms with Crippen LogP contribution in [-0.2, 0) is 19.5 Å². The highest BCUT2D eigenvalue weighted by Gasteiger charge is 2.13. The maximum Gasteiger partial charge on any atom is 0.336 e. The lowest BCUT2D eigenvalue weighted by atomic mass is 9.99. The summed E-state index contributed by atoms with van der Waals surface area (Å²) in [5, 5.41) is 9.40. The van der Waals surface area contributed by atoms with E-state index in [0.717, 1.165) is 23.2 Å². The number of aryl methyl sites for hydroxylation is 1. The molecular weight excluding hydrogens is 364 g/mol. The monoisotopic (exact) mass is 388 g/mol. The molecule has 0 saturated carbocycles. The van der Waals surface area contributed by atoms with Crippen LogP contribution < -0.4 is 5.69 Å². The Balaban J connectivity index is 1.91. The largest absolute Gasteiger partial charge is 0.478 e. The first-order valence-electron chi connectivity index (χ1n) is 9.65. The first-order chi connectivity index (χ1) is 14.0. The van der Waals surface area contributed by atoms with Gasteiger partial charge in [-0.05, 0) is 36.1 Å². The third-order valence-electron chi connectivity index (χ3n) is 4.80. The van der Waals surface area contributed by atoms with E-state index in [9.17, 15) is 14.7 Å². The summed E-state index contributed by atoms with van der Waals surface area (Å²) in [6, 6.07) is 14.6. The van der Waals surface area contributed by atoms with Gasteiger partial charge >= 0.3 is 11.7 Å². The van der Waals surface area contributed by atoms with Gasteiger partial charge in [0, 0.05) is 12.7 Å². The zero-order chi connectivity index (χ0) is 20.8. The molecule has 3 aromatic rings. The molecule has 0 amide bonds. The minimum absolute atomic E-state index is 0.0277. The topological polar surface area (TPSA) is 64.2 Å². The summed E-state index contributed by atoms with van der Waals surface area (Å²) >= 11 is 0. The van der Waals surface area contributed by atoms with Crippen LogP contribution in [-0.4, -0.2) is 20.2 Å². The third-order valence-corrected chi connectivity index (χ3v) is 4.80. The van der Waals surface area contributed by atoms with E-state index >= 15 is 0 Å². The first-order valence-corrected chi connectivity index (χ1v) is 9.65. The van der Waals surface area contributed by atoms with E-state index in [1.54, 1.807) is 34.3 Å². The van der Waals surface area contributed by atoms with Gasteiger partial charge in [0.1, 0.15) is 0 Å². The van der Waals surface area contributed by atoms with Gasteiger partial charge in [-0.3, -0.25) is 9.13 Å². The fraction of sp³-hybridized carbons (Fsp3) is 0.250. The maximum atomic E-state index is 12.8. The van der Waals surface area contributed by atoms with Crippen molar-refractivity contribution in [2.24, 2.45) is 0 Å². The van der Waals surface area contributed by atoms with Gasteiger partial charge in [0.05, 0.1) is 24.2 Å². The second kappa shape index (κ2) is 9.11. The number of hydrogen-bond acceptors (Lipinski definition) is 2. The van der Waals surface area contributed by atoms with Crippen molar-refractivity contribution in [1.82, 2.24) is 9.13 Å². The Morgan fingerprint density at radius 1 is 1.10 bits per heavy atom. The van der Waals surface area contributed by atoms with Gasteiger partial charge in [-0.25, -0.2) is 9.59 Å². The lowest BCUT2D eigenvalue weighted by Gasteiger charge is -2.09. The van der Waals surface area contributed by atoms with E-state index in [4.69, 9.17) is 0 Å². The molecule has 0 aliphatic heterocycles. The van der Waals surface area contributed by atoms with E-state index in [0.29, 0.717) is 25.1 Å². The maximum absolute atomic E-state index is 12.8. The van der Waals surface area contributed by atoms with E-state index in [-0.39, 0.29) is 11.3 Å². The Kier molecular flexibility index (Phi) is 6.36. The predicted octanol–water partition coefficient (Wildman–Crippen LogP) is 4.04. The van der Waals surface area contributed by atoms with Crippen molar-refractivity contribution in [3.05, 3.63) is 82.0 Å². The average Bonchev–Trinajstić information content (AvgIpc) is 3.02. The third kappa shape index (κ3) is 4.49. The number of aromatic nitrogens is 2. The van der Waals surface area contributed by atoms with Crippen LogP contribution in [0.25, 0.3) is 11.1 Å². The molecule has 1 heterocycles. The molecule has 0 unspecified atom stereocenters. The standard InChI is InChI=1S/C24H24N2O3/c1-3-5-8-20-17-25(15-4-2)24(29)26(20)16-18-11-13-19(14-12-18)21-9-6-7-10-22(21)23(27)28/h6-7,9-14,17H,4,8,15-16H2,1-2H3,(H,27,28). The zero-order valence-electron chi connectivity index (χ0n) is 16.7. The molecule has 0 saturated heterocycles. The lowest BCUT2D eigenvalue weighted by molar-refractivity contribution is 0.0697. The second-order valence-electron chi connectivity index (χ2n) is 6.83. The lowest BCUT2D eigenvalue weighted by Crippen LogP contribution is -2.25. The molecule has 0 bridgehead atoms. The number of rotatable bonds is 7. The fourth-order valence-corrected chi connectivity index (χ4v) is 3.37. The van der Waals surface area contributed by atoms with Crippen LogP contribution in [0.2, 0.25) is 0 Å². The molecule has 0 atom stereocenters. The van der Waals surface area contributed by atoms with Crippen LogP contribution in [0.1, 0.15) is 41.9 Å². The first kappa shape index (κ1) is 20.2. The molecule has 1 aromatic heterocycles. The molecule has 0 spiro atoms. The summed E-state index contributed by atoms with van der Waals surface area (Å²) in [5.74, 6) is 4.98. The summed E-state index contributed by atoms with van der Waals surface area (Å²) in [4.78, 5) is 24.2. The van der Waals surface area contributed by atoms with Crippen LogP contribution in [0.5, 0.6) is 0 Å². The predicted molar refractivity (Wildman–Crippen MR) is 114 cm³/mol. The molecule has 0 fully saturated rings. The van der Waals surface area contributed by atoms with Gasteiger partial charge in [-0.15, -0.1) is 5.92 Å². The minimum Gasteiger partial charge on any atom is -0.478 e. The molecule has 148 valence electrons. The van der Waals surface area contributed by atoms with Crippen molar-refractivity contribution in [3.63, 3.8) is 0 Å². The Morgan fingerprint density at radius 2 is 1.83 bits per heavy atom. The van der Waals surface area contributed by atoms with Crippen molar-refractivity contribution in [2.45, 2.75) is 39.8 Å². The number of carboxylic acids is 1. The number of carboxylic acid groups (broad SMARTS) is 1. The smallest absolute Gasteiger partial charge is 0.336 e. The number of nitrogens with zero attached hydrogens (tertiary/aromatic N) is 2. The molecule has 0 radical (unpaired) electrons.